The summed E-state index contributed by atoms with van der Waals surface area (Å²) in [5.74, 6) is -0.438. The normalized spacial score (nSPS) is 11.9. The Morgan fingerprint density at radius 3 is 2.78 bits per heavy atom. The van der Waals surface area contributed by atoms with Crippen LogP contribution in [0.1, 0.15) is 17.3 Å². The summed E-state index contributed by atoms with van der Waals surface area (Å²) in [6.07, 6.45) is 1.73. The van der Waals surface area contributed by atoms with Crippen LogP contribution >= 0.6 is 11.8 Å². The van der Waals surface area contributed by atoms with Crippen molar-refractivity contribution in [2.24, 2.45) is 0 Å². The number of aliphatic hydroxyl groups excluding tert-OH is 1. The average molecular weight is 270 g/mol. The molecule has 1 aromatic carbocycles. The molecule has 0 radical (unpaired) electrons. The van der Waals surface area contributed by atoms with Gasteiger partial charge in [0.2, 0.25) is 0 Å². The van der Waals surface area contributed by atoms with Gasteiger partial charge in [-0.1, -0.05) is 0 Å². The van der Waals surface area contributed by atoms with Gasteiger partial charge >= 0.3 is 0 Å². The maximum Gasteiger partial charge on any atom is 0.283 e. The zero-order valence-electron chi connectivity index (χ0n) is 10.0. The van der Waals surface area contributed by atoms with Crippen molar-refractivity contribution < 1.29 is 14.8 Å². The van der Waals surface area contributed by atoms with E-state index in [1.54, 1.807) is 19.2 Å². The molecular weight excluding hydrogens is 256 g/mol. The lowest BCUT2D eigenvalue weighted by Crippen LogP contribution is -2.34. The van der Waals surface area contributed by atoms with E-state index in [1.807, 2.05) is 0 Å². The van der Waals surface area contributed by atoms with Gasteiger partial charge in [-0.15, -0.1) is 11.8 Å². The van der Waals surface area contributed by atoms with Crippen LogP contribution in [-0.4, -0.2) is 34.8 Å². The van der Waals surface area contributed by atoms with Crippen LogP contribution < -0.4 is 5.32 Å². The van der Waals surface area contributed by atoms with Crippen molar-refractivity contribution >= 4 is 23.4 Å². The third-order valence-corrected chi connectivity index (χ3v) is 3.07. The maximum absolute atomic E-state index is 11.7. The van der Waals surface area contributed by atoms with E-state index < -0.39 is 16.9 Å². The Labute approximate surface area is 109 Å². The van der Waals surface area contributed by atoms with Gasteiger partial charge in [0.05, 0.1) is 16.4 Å². The second-order valence-corrected chi connectivity index (χ2v) is 4.55. The van der Waals surface area contributed by atoms with Gasteiger partial charge in [0.15, 0.2) is 0 Å². The highest BCUT2D eigenvalue weighted by Crippen LogP contribution is 2.28. The predicted molar refractivity (Wildman–Crippen MR) is 68.9 cm³/mol. The summed E-state index contributed by atoms with van der Waals surface area (Å²) in [7, 11) is 0. The van der Waals surface area contributed by atoms with Crippen molar-refractivity contribution in [3.8, 4) is 0 Å². The first kappa shape index (κ1) is 14.5. The summed E-state index contributed by atoms with van der Waals surface area (Å²) < 4.78 is 0. The second kappa shape index (κ2) is 6.36. The van der Waals surface area contributed by atoms with E-state index in [0.717, 1.165) is 0 Å². The molecule has 1 atom stereocenters. The number of nitrogens with one attached hydrogen (secondary N) is 1. The second-order valence-electron chi connectivity index (χ2n) is 3.70. The highest BCUT2D eigenvalue weighted by molar-refractivity contribution is 7.98. The largest absolute Gasteiger partial charge is 0.394 e. The number of nitrogens with zero attached hydrogens (tertiary/aromatic N) is 1. The number of rotatable bonds is 5. The van der Waals surface area contributed by atoms with Crippen molar-refractivity contribution in [3.63, 3.8) is 0 Å². The highest BCUT2D eigenvalue weighted by atomic mass is 32.2. The van der Waals surface area contributed by atoms with Crippen LogP contribution in [0, 0.1) is 10.1 Å². The molecule has 1 aromatic rings. The quantitative estimate of drug-likeness (QED) is 0.479. The molecule has 0 aliphatic heterocycles. The Hall–Kier alpha value is -1.60. The highest BCUT2D eigenvalue weighted by Gasteiger charge is 2.17. The van der Waals surface area contributed by atoms with Gasteiger partial charge in [-0.2, -0.15) is 0 Å². The standard InChI is InChI=1S/C11H14N2O4S/c1-7(6-14)12-11(15)8-3-4-10(18-2)9(5-8)13(16)17/h3-5,7,14H,6H2,1-2H3,(H,12,15)/t7-/m1/s1. The molecule has 2 N–H and O–H groups in total. The SMILES string of the molecule is CSc1ccc(C(=O)N[C@H](C)CO)cc1[N+](=O)[O-]. The topological polar surface area (TPSA) is 92.5 Å². The number of amides is 1. The smallest absolute Gasteiger partial charge is 0.283 e. The molecule has 7 heteroatoms. The molecule has 1 amide bonds. The zero-order valence-corrected chi connectivity index (χ0v) is 10.9. The minimum Gasteiger partial charge on any atom is -0.394 e. The molecule has 0 fully saturated rings. The van der Waals surface area contributed by atoms with E-state index in [0.29, 0.717) is 4.90 Å². The summed E-state index contributed by atoms with van der Waals surface area (Å²) in [5.41, 5.74) is 0.117. The van der Waals surface area contributed by atoms with E-state index in [9.17, 15) is 14.9 Å². The number of carbonyl (C=O) groups excluding carboxylic acids is 1. The molecule has 98 valence electrons. The predicted octanol–water partition coefficient (Wildman–Crippen LogP) is 1.43. The molecule has 0 unspecified atom stereocenters. The van der Waals surface area contributed by atoms with Gasteiger partial charge in [-0.3, -0.25) is 14.9 Å². The number of nitro benzene ring substituents is 1. The molecule has 1 rings (SSSR count). The van der Waals surface area contributed by atoms with Crippen molar-refractivity contribution in [1.29, 1.82) is 0 Å². The number of carbonyl (C=O) groups is 1. The summed E-state index contributed by atoms with van der Waals surface area (Å²) in [6.45, 7) is 1.46. The lowest BCUT2D eigenvalue weighted by atomic mass is 10.2. The van der Waals surface area contributed by atoms with Gasteiger partial charge < -0.3 is 10.4 Å². The number of hydrogen-bond donors (Lipinski definition) is 2. The van der Waals surface area contributed by atoms with Gasteiger partial charge in [0, 0.05) is 17.7 Å². The summed E-state index contributed by atoms with van der Waals surface area (Å²) >= 11 is 1.25. The van der Waals surface area contributed by atoms with Crippen molar-refractivity contribution in [2.75, 3.05) is 12.9 Å². The van der Waals surface area contributed by atoms with Crippen LogP contribution in [0.15, 0.2) is 23.1 Å². The van der Waals surface area contributed by atoms with E-state index in [1.165, 1.54) is 23.9 Å². The van der Waals surface area contributed by atoms with E-state index in [2.05, 4.69) is 5.32 Å². The number of benzene rings is 1. The summed E-state index contributed by atoms with van der Waals surface area (Å²) in [4.78, 5) is 22.6. The van der Waals surface area contributed by atoms with Crippen LogP contribution in [0.2, 0.25) is 0 Å². The minimum absolute atomic E-state index is 0.0909. The first-order valence-electron chi connectivity index (χ1n) is 5.23. The van der Waals surface area contributed by atoms with Gasteiger partial charge in [-0.25, -0.2) is 0 Å². The molecule has 0 aliphatic carbocycles. The Kier molecular flexibility index (Phi) is 5.11. The van der Waals surface area contributed by atoms with Crippen LogP contribution in [0.25, 0.3) is 0 Å². The number of thioether (sulfide) groups is 1. The first-order chi connectivity index (χ1) is 8.49. The third-order valence-electron chi connectivity index (χ3n) is 2.29. The van der Waals surface area contributed by atoms with Gasteiger partial charge in [0.1, 0.15) is 0 Å². The maximum atomic E-state index is 11.7. The fraction of sp³-hybridized carbons (Fsp3) is 0.364. The summed E-state index contributed by atoms with van der Waals surface area (Å²) in [6, 6.07) is 3.92. The molecular formula is C11H14N2O4S. The number of hydrogen-bond acceptors (Lipinski definition) is 5. The Morgan fingerprint density at radius 2 is 2.28 bits per heavy atom. The van der Waals surface area contributed by atoms with Crippen molar-refractivity contribution in [3.05, 3.63) is 33.9 Å². The van der Waals surface area contributed by atoms with E-state index in [4.69, 9.17) is 5.11 Å². The Morgan fingerprint density at radius 1 is 1.61 bits per heavy atom. The van der Waals surface area contributed by atoms with Crippen LogP contribution in [-0.2, 0) is 0 Å². The molecule has 0 saturated heterocycles. The van der Waals surface area contributed by atoms with Gasteiger partial charge in [-0.05, 0) is 25.3 Å². The third kappa shape index (κ3) is 3.44. The number of nitro groups is 1. The van der Waals surface area contributed by atoms with E-state index in [-0.39, 0.29) is 17.9 Å². The van der Waals surface area contributed by atoms with Crippen molar-refractivity contribution in [1.82, 2.24) is 5.32 Å². The fourth-order valence-corrected chi connectivity index (χ4v) is 1.87. The molecule has 0 heterocycles. The summed E-state index contributed by atoms with van der Waals surface area (Å²) in [5, 5.41) is 22.2. The molecule has 0 aliphatic rings. The van der Waals surface area contributed by atoms with Crippen LogP contribution in [0.4, 0.5) is 5.69 Å². The molecule has 0 saturated carbocycles. The van der Waals surface area contributed by atoms with Crippen molar-refractivity contribution in [2.45, 2.75) is 17.9 Å². The molecule has 0 aromatic heterocycles. The first-order valence-corrected chi connectivity index (χ1v) is 6.46. The Bertz CT molecular complexity index is 464. The lowest BCUT2D eigenvalue weighted by Gasteiger charge is -2.10. The fourth-order valence-electron chi connectivity index (χ4n) is 1.33. The Balaban J connectivity index is 3.01. The number of aliphatic hydroxyl groups is 1. The molecule has 6 nitrogen and oxygen atoms in total. The van der Waals surface area contributed by atoms with Crippen LogP contribution in [0.5, 0.6) is 0 Å². The molecule has 0 spiro atoms. The van der Waals surface area contributed by atoms with Gasteiger partial charge in [0.25, 0.3) is 11.6 Å². The molecule has 18 heavy (non-hydrogen) atoms. The zero-order chi connectivity index (χ0) is 13.7. The van der Waals surface area contributed by atoms with E-state index >= 15 is 0 Å². The monoisotopic (exact) mass is 270 g/mol. The average Bonchev–Trinajstić information content (AvgIpc) is 2.37. The minimum atomic E-state index is -0.516. The lowest BCUT2D eigenvalue weighted by molar-refractivity contribution is -0.387. The van der Waals surface area contributed by atoms with Crippen LogP contribution in [0.3, 0.4) is 0 Å². The molecule has 0 bridgehead atoms.